The van der Waals surface area contributed by atoms with Crippen LogP contribution in [0.15, 0.2) is 0 Å². The van der Waals surface area contributed by atoms with Gasteiger partial charge in [0.2, 0.25) is 0 Å². The van der Waals surface area contributed by atoms with Crippen LogP contribution < -0.4 is 0 Å². The van der Waals surface area contributed by atoms with Gasteiger partial charge in [-0.05, 0) is 25.7 Å². The molecule has 0 amide bonds. The maximum Gasteiger partial charge on any atom is 0.135 e. The number of hydrogen-bond acceptors (Lipinski definition) is 1. The standard InChI is InChI=1S/C10H17IO/c1-3-9(12)8-4-6-10(2,11)7-5-8/h8H,3-7H2,1-2H3. The first-order valence-electron chi connectivity index (χ1n) is 4.77. The molecule has 0 bridgehead atoms. The van der Waals surface area contributed by atoms with E-state index in [1.165, 1.54) is 12.8 Å². The molecule has 0 radical (unpaired) electrons. The Morgan fingerprint density at radius 3 is 2.42 bits per heavy atom. The summed E-state index contributed by atoms with van der Waals surface area (Å²) in [4.78, 5) is 11.4. The van der Waals surface area contributed by atoms with Crippen LogP contribution in [-0.4, -0.2) is 9.20 Å². The molecule has 0 aromatic rings. The SMILES string of the molecule is CCC(=O)C1CCC(C)(I)CC1. The molecule has 1 saturated carbocycles. The van der Waals surface area contributed by atoms with Crippen LogP contribution in [0.1, 0.15) is 46.0 Å². The zero-order valence-corrected chi connectivity index (χ0v) is 10.1. The first-order chi connectivity index (χ1) is 5.55. The zero-order valence-electron chi connectivity index (χ0n) is 7.90. The average Bonchev–Trinajstić information content (AvgIpc) is 2.03. The van der Waals surface area contributed by atoms with E-state index in [0.29, 0.717) is 15.1 Å². The maximum atomic E-state index is 11.4. The molecule has 0 spiro atoms. The Morgan fingerprint density at radius 1 is 1.50 bits per heavy atom. The third-order valence-electron chi connectivity index (χ3n) is 2.83. The highest BCUT2D eigenvalue weighted by Crippen LogP contribution is 2.38. The number of carbonyl (C=O) groups excluding carboxylic acids is 1. The zero-order chi connectivity index (χ0) is 9.19. The second-order valence-electron chi connectivity index (χ2n) is 4.01. The molecule has 0 unspecified atom stereocenters. The molecule has 1 fully saturated rings. The van der Waals surface area contributed by atoms with Crippen LogP contribution in [0.25, 0.3) is 0 Å². The van der Waals surface area contributed by atoms with Crippen LogP contribution >= 0.6 is 22.6 Å². The molecule has 0 atom stereocenters. The van der Waals surface area contributed by atoms with Crippen LogP contribution in [0.4, 0.5) is 0 Å². The van der Waals surface area contributed by atoms with E-state index in [1.54, 1.807) is 0 Å². The molecule has 1 nitrogen and oxygen atoms in total. The lowest BCUT2D eigenvalue weighted by molar-refractivity contribution is -0.123. The van der Waals surface area contributed by atoms with E-state index in [-0.39, 0.29) is 0 Å². The molecule has 1 aliphatic rings. The molecule has 0 aromatic heterocycles. The van der Waals surface area contributed by atoms with Crippen molar-refractivity contribution < 1.29 is 4.79 Å². The van der Waals surface area contributed by atoms with Crippen LogP contribution in [0.3, 0.4) is 0 Å². The van der Waals surface area contributed by atoms with E-state index in [9.17, 15) is 4.79 Å². The fourth-order valence-electron chi connectivity index (χ4n) is 1.83. The topological polar surface area (TPSA) is 17.1 Å². The van der Waals surface area contributed by atoms with Crippen molar-refractivity contribution >= 4 is 28.4 Å². The van der Waals surface area contributed by atoms with Crippen molar-refractivity contribution in [1.29, 1.82) is 0 Å². The Balaban J connectivity index is 2.41. The van der Waals surface area contributed by atoms with Gasteiger partial charge in [-0.15, -0.1) is 0 Å². The first-order valence-corrected chi connectivity index (χ1v) is 5.84. The van der Waals surface area contributed by atoms with E-state index < -0.39 is 0 Å². The number of alkyl halides is 1. The molecule has 1 aliphatic carbocycles. The van der Waals surface area contributed by atoms with Crippen LogP contribution in [0.5, 0.6) is 0 Å². The molecule has 0 N–H and O–H groups in total. The molecule has 2 heteroatoms. The fourth-order valence-corrected chi connectivity index (χ4v) is 2.45. The third kappa shape index (κ3) is 2.71. The normalized spacial score (nSPS) is 36.4. The van der Waals surface area contributed by atoms with Crippen molar-refractivity contribution in [3.05, 3.63) is 0 Å². The molecule has 70 valence electrons. The van der Waals surface area contributed by atoms with Gasteiger partial charge in [0, 0.05) is 15.8 Å². The Morgan fingerprint density at radius 2 is 2.00 bits per heavy atom. The molecule has 0 heterocycles. The molecule has 12 heavy (non-hydrogen) atoms. The van der Waals surface area contributed by atoms with E-state index in [4.69, 9.17) is 0 Å². The van der Waals surface area contributed by atoms with Gasteiger partial charge in [-0.2, -0.15) is 0 Å². The molecular weight excluding hydrogens is 263 g/mol. The van der Waals surface area contributed by atoms with Gasteiger partial charge >= 0.3 is 0 Å². The van der Waals surface area contributed by atoms with Gasteiger partial charge < -0.3 is 0 Å². The van der Waals surface area contributed by atoms with Crippen LogP contribution in [0, 0.1) is 5.92 Å². The number of rotatable bonds is 2. The summed E-state index contributed by atoms with van der Waals surface area (Å²) in [6.45, 7) is 4.26. The van der Waals surface area contributed by atoms with Gasteiger partial charge in [-0.1, -0.05) is 36.4 Å². The Labute approximate surface area is 88.4 Å². The molecular formula is C10H17IO. The minimum absolute atomic E-state index is 0.387. The summed E-state index contributed by atoms with van der Waals surface area (Å²) in [5, 5.41) is 0. The Bertz CT molecular complexity index is 165. The minimum Gasteiger partial charge on any atom is -0.299 e. The number of hydrogen-bond donors (Lipinski definition) is 0. The summed E-state index contributed by atoms with van der Waals surface area (Å²) in [5.74, 6) is 0.861. The fraction of sp³-hybridized carbons (Fsp3) is 0.900. The predicted octanol–water partition coefficient (Wildman–Crippen LogP) is 3.35. The van der Waals surface area contributed by atoms with Crippen molar-refractivity contribution in [1.82, 2.24) is 0 Å². The summed E-state index contributed by atoms with van der Waals surface area (Å²) < 4.78 is 0.461. The monoisotopic (exact) mass is 280 g/mol. The average molecular weight is 280 g/mol. The number of ketones is 1. The second kappa shape index (κ2) is 4.07. The number of halogens is 1. The molecule has 0 saturated heterocycles. The minimum atomic E-state index is 0.387. The summed E-state index contributed by atoms with van der Waals surface area (Å²) >= 11 is 2.53. The summed E-state index contributed by atoms with van der Waals surface area (Å²) in [6, 6.07) is 0. The Kier molecular flexibility index (Phi) is 3.56. The highest BCUT2D eigenvalue weighted by atomic mass is 127. The van der Waals surface area contributed by atoms with Crippen LogP contribution in [-0.2, 0) is 4.79 Å². The lowest BCUT2D eigenvalue weighted by Crippen LogP contribution is -2.28. The molecule has 0 aliphatic heterocycles. The van der Waals surface area contributed by atoms with Crippen molar-refractivity contribution in [3.8, 4) is 0 Å². The molecule has 1 rings (SSSR count). The van der Waals surface area contributed by atoms with Gasteiger partial charge in [0.25, 0.3) is 0 Å². The summed E-state index contributed by atoms with van der Waals surface area (Å²) in [6.07, 6.45) is 5.38. The first kappa shape index (κ1) is 10.5. The highest BCUT2D eigenvalue weighted by molar-refractivity contribution is 14.1. The van der Waals surface area contributed by atoms with Crippen molar-refractivity contribution in [2.75, 3.05) is 0 Å². The maximum absolute atomic E-state index is 11.4. The van der Waals surface area contributed by atoms with E-state index in [1.807, 2.05) is 6.92 Å². The van der Waals surface area contributed by atoms with Crippen LogP contribution in [0.2, 0.25) is 0 Å². The van der Waals surface area contributed by atoms with Crippen molar-refractivity contribution in [2.24, 2.45) is 5.92 Å². The van der Waals surface area contributed by atoms with Gasteiger partial charge in [0.1, 0.15) is 5.78 Å². The van der Waals surface area contributed by atoms with Gasteiger partial charge in [0.15, 0.2) is 0 Å². The second-order valence-corrected chi connectivity index (χ2v) is 6.61. The number of carbonyl (C=O) groups is 1. The van der Waals surface area contributed by atoms with Crippen molar-refractivity contribution in [3.63, 3.8) is 0 Å². The lowest BCUT2D eigenvalue weighted by Gasteiger charge is -2.31. The quantitative estimate of drug-likeness (QED) is 0.560. The van der Waals surface area contributed by atoms with Gasteiger partial charge in [-0.25, -0.2) is 0 Å². The Hall–Kier alpha value is 0.400. The van der Waals surface area contributed by atoms with Gasteiger partial charge in [0.05, 0.1) is 0 Å². The van der Waals surface area contributed by atoms with Crippen molar-refractivity contribution in [2.45, 2.75) is 49.4 Å². The largest absolute Gasteiger partial charge is 0.299 e. The van der Waals surface area contributed by atoms with E-state index in [2.05, 4.69) is 29.5 Å². The van der Waals surface area contributed by atoms with E-state index >= 15 is 0 Å². The predicted molar refractivity (Wildman–Crippen MR) is 59.7 cm³/mol. The lowest BCUT2D eigenvalue weighted by atomic mass is 9.80. The smallest absolute Gasteiger partial charge is 0.135 e. The third-order valence-corrected chi connectivity index (χ3v) is 3.91. The summed E-state index contributed by atoms with van der Waals surface area (Å²) in [7, 11) is 0. The van der Waals surface area contributed by atoms with Gasteiger partial charge in [-0.3, -0.25) is 4.79 Å². The summed E-state index contributed by atoms with van der Waals surface area (Å²) in [5.41, 5.74) is 0. The number of Topliss-reactive ketones (excluding diaryl/α,β-unsaturated/α-hetero) is 1. The van der Waals surface area contributed by atoms with E-state index in [0.717, 1.165) is 19.3 Å². The highest BCUT2D eigenvalue weighted by Gasteiger charge is 2.30. The molecule has 0 aromatic carbocycles.